The van der Waals surface area contributed by atoms with Crippen molar-refractivity contribution in [1.29, 1.82) is 0 Å². The molecule has 0 unspecified atom stereocenters. The summed E-state index contributed by atoms with van der Waals surface area (Å²) in [6, 6.07) is 14.9. The maximum Gasteiger partial charge on any atom is 0.0416 e. The average Bonchev–Trinajstić information content (AvgIpc) is 2.45. The molecule has 0 amide bonds. The highest BCUT2D eigenvalue weighted by Gasteiger charge is 1.99. The van der Waals surface area contributed by atoms with Gasteiger partial charge in [0.2, 0.25) is 0 Å². The van der Waals surface area contributed by atoms with Gasteiger partial charge >= 0.3 is 0 Å². The zero-order chi connectivity index (χ0) is 13.5. The van der Waals surface area contributed by atoms with E-state index >= 15 is 0 Å². The topological polar surface area (TPSA) is 24.9 Å². The van der Waals surface area contributed by atoms with Crippen molar-refractivity contribution in [2.45, 2.75) is 32.7 Å². The molecule has 19 heavy (non-hydrogen) atoms. The minimum Gasteiger partial charge on any atom is -0.312 e. The molecule has 2 aromatic rings. The number of hydrogen-bond donors (Lipinski definition) is 1. The number of nitrogens with one attached hydrogen (secondary N) is 1. The summed E-state index contributed by atoms with van der Waals surface area (Å²) >= 11 is 0. The summed E-state index contributed by atoms with van der Waals surface area (Å²) in [7, 11) is 0. The van der Waals surface area contributed by atoms with Gasteiger partial charge in [-0.3, -0.25) is 4.98 Å². The lowest BCUT2D eigenvalue weighted by Crippen LogP contribution is -2.17. The summed E-state index contributed by atoms with van der Waals surface area (Å²) in [5.41, 5.74) is 3.88. The van der Waals surface area contributed by atoms with E-state index in [1.54, 1.807) is 0 Å². The van der Waals surface area contributed by atoms with E-state index in [0.29, 0.717) is 5.92 Å². The summed E-state index contributed by atoms with van der Waals surface area (Å²) in [5.74, 6) is 0.603. The standard InChI is InChI=1S/C17H22N2/c1-14(2)16-8-6-15(7-9-16)13-18-12-10-17-5-3-4-11-19-17/h3-9,11,14,18H,10,12-13H2,1-2H3. The van der Waals surface area contributed by atoms with Crippen LogP contribution in [0.2, 0.25) is 0 Å². The first-order valence-electron chi connectivity index (χ1n) is 6.95. The van der Waals surface area contributed by atoms with Crippen LogP contribution < -0.4 is 5.32 Å². The van der Waals surface area contributed by atoms with Crippen molar-refractivity contribution < 1.29 is 0 Å². The number of pyridine rings is 1. The Labute approximate surface area is 115 Å². The molecule has 2 heteroatoms. The van der Waals surface area contributed by atoms with Gasteiger partial charge < -0.3 is 5.32 Å². The van der Waals surface area contributed by atoms with E-state index in [9.17, 15) is 0 Å². The fourth-order valence-electron chi connectivity index (χ4n) is 2.02. The molecule has 0 saturated heterocycles. The number of hydrogen-bond acceptors (Lipinski definition) is 2. The van der Waals surface area contributed by atoms with Crippen LogP contribution >= 0.6 is 0 Å². The van der Waals surface area contributed by atoms with Crippen LogP contribution in [0.5, 0.6) is 0 Å². The van der Waals surface area contributed by atoms with Crippen LogP contribution in [0.4, 0.5) is 0 Å². The summed E-state index contributed by atoms with van der Waals surface area (Å²) in [5, 5.41) is 3.46. The minimum absolute atomic E-state index is 0.603. The van der Waals surface area contributed by atoms with Crippen LogP contribution in [-0.4, -0.2) is 11.5 Å². The molecular weight excluding hydrogens is 232 g/mol. The monoisotopic (exact) mass is 254 g/mol. The number of rotatable bonds is 6. The van der Waals surface area contributed by atoms with E-state index in [1.807, 2.05) is 18.3 Å². The van der Waals surface area contributed by atoms with E-state index in [1.165, 1.54) is 11.1 Å². The Bertz CT molecular complexity index is 474. The van der Waals surface area contributed by atoms with Gasteiger partial charge in [-0.05, 0) is 29.2 Å². The highest BCUT2D eigenvalue weighted by Crippen LogP contribution is 2.14. The lowest BCUT2D eigenvalue weighted by molar-refractivity contribution is 0.679. The van der Waals surface area contributed by atoms with Gasteiger partial charge in [0.25, 0.3) is 0 Å². The van der Waals surface area contributed by atoms with E-state index in [-0.39, 0.29) is 0 Å². The summed E-state index contributed by atoms with van der Waals surface area (Å²) in [6.07, 6.45) is 2.82. The van der Waals surface area contributed by atoms with E-state index in [2.05, 4.69) is 54.5 Å². The molecule has 100 valence electrons. The Morgan fingerprint density at radius 1 is 1.05 bits per heavy atom. The Morgan fingerprint density at radius 2 is 1.84 bits per heavy atom. The van der Waals surface area contributed by atoms with Gasteiger partial charge in [0.1, 0.15) is 0 Å². The molecule has 0 fully saturated rings. The van der Waals surface area contributed by atoms with Crippen molar-refractivity contribution >= 4 is 0 Å². The van der Waals surface area contributed by atoms with Crippen LogP contribution in [0.25, 0.3) is 0 Å². The van der Waals surface area contributed by atoms with E-state index < -0.39 is 0 Å². The first-order valence-corrected chi connectivity index (χ1v) is 6.95. The van der Waals surface area contributed by atoms with Crippen molar-refractivity contribution in [3.05, 3.63) is 65.5 Å². The molecule has 1 aromatic heterocycles. The lowest BCUT2D eigenvalue weighted by Gasteiger charge is -2.08. The maximum atomic E-state index is 4.31. The second-order valence-electron chi connectivity index (χ2n) is 5.14. The Kier molecular flexibility index (Phi) is 5.10. The van der Waals surface area contributed by atoms with Crippen molar-refractivity contribution in [2.24, 2.45) is 0 Å². The van der Waals surface area contributed by atoms with Crippen LogP contribution in [0.1, 0.15) is 36.6 Å². The molecule has 0 aliphatic rings. The van der Waals surface area contributed by atoms with Crippen molar-refractivity contribution in [3.63, 3.8) is 0 Å². The third-order valence-electron chi connectivity index (χ3n) is 3.26. The molecule has 2 rings (SSSR count). The van der Waals surface area contributed by atoms with Gasteiger partial charge in [0.05, 0.1) is 0 Å². The molecule has 1 N–H and O–H groups in total. The SMILES string of the molecule is CC(C)c1ccc(CNCCc2ccccn2)cc1. The Balaban J connectivity index is 1.74. The molecule has 0 radical (unpaired) electrons. The number of benzene rings is 1. The van der Waals surface area contributed by atoms with Crippen molar-refractivity contribution in [2.75, 3.05) is 6.54 Å². The van der Waals surface area contributed by atoms with Crippen LogP contribution in [0.15, 0.2) is 48.7 Å². The molecule has 0 bridgehead atoms. The molecule has 0 atom stereocenters. The van der Waals surface area contributed by atoms with Gasteiger partial charge in [-0.1, -0.05) is 44.2 Å². The smallest absolute Gasteiger partial charge is 0.0416 e. The molecule has 0 spiro atoms. The van der Waals surface area contributed by atoms with E-state index in [4.69, 9.17) is 0 Å². The maximum absolute atomic E-state index is 4.31. The molecule has 0 aliphatic carbocycles. The molecular formula is C17H22N2. The highest BCUT2D eigenvalue weighted by atomic mass is 14.8. The lowest BCUT2D eigenvalue weighted by atomic mass is 10.0. The Hall–Kier alpha value is -1.67. The summed E-state index contributed by atoms with van der Waals surface area (Å²) in [4.78, 5) is 4.31. The van der Waals surface area contributed by atoms with Gasteiger partial charge in [-0.25, -0.2) is 0 Å². The first-order chi connectivity index (χ1) is 9.25. The van der Waals surface area contributed by atoms with Crippen molar-refractivity contribution in [3.8, 4) is 0 Å². The zero-order valence-electron chi connectivity index (χ0n) is 11.8. The first kappa shape index (κ1) is 13.8. The largest absolute Gasteiger partial charge is 0.312 e. The molecule has 1 aromatic carbocycles. The second-order valence-corrected chi connectivity index (χ2v) is 5.14. The zero-order valence-corrected chi connectivity index (χ0v) is 11.8. The molecule has 1 heterocycles. The summed E-state index contributed by atoms with van der Waals surface area (Å²) in [6.45, 7) is 6.33. The third-order valence-corrected chi connectivity index (χ3v) is 3.26. The van der Waals surface area contributed by atoms with Crippen molar-refractivity contribution in [1.82, 2.24) is 10.3 Å². The Morgan fingerprint density at radius 3 is 2.47 bits per heavy atom. The van der Waals surface area contributed by atoms with Crippen LogP contribution in [0.3, 0.4) is 0 Å². The molecule has 0 aliphatic heterocycles. The van der Waals surface area contributed by atoms with Gasteiger partial charge in [0.15, 0.2) is 0 Å². The highest BCUT2D eigenvalue weighted by molar-refractivity contribution is 5.24. The fraction of sp³-hybridized carbons (Fsp3) is 0.353. The summed E-state index contributed by atoms with van der Waals surface area (Å²) < 4.78 is 0. The van der Waals surface area contributed by atoms with Gasteiger partial charge in [0, 0.05) is 31.4 Å². The second kappa shape index (κ2) is 7.05. The van der Waals surface area contributed by atoms with Gasteiger partial charge in [-0.15, -0.1) is 0 Å². The predicted octanol–water partition coefficient (Wildman–Crippen LogP) is 3.54. The minimum atomic E-state index is 0.603. The fourth-order valence-corrected chi connectivity index (χ4v) is 2.02. The normalized spacial score (nSPS) is 10.9. The van der Waals surface area contributed by atoms with Crippen LogP contribution in [-0.2, 0) is 13.0 Å². The molecule has 0 saturated carbocycles. The molecule has 2 nitrogen and oxygen atoms in total. The quantitative estimate of drug-likeness (QED) is 0.798. The number of aromatic nitrogens is 1. The van der Waals surface area contributed by atoms with E-state index in [0.717, 1.165) is 25.2 Å². The van der Waals surface area contributed by atoms with Gasteiger partial charge in [-0.2, -0.15) is 0 Å². The average molecular weight is 254 g/mol. The predicted molar refractivity (Wildman–Crippen MR) is 80.2 cm³/mol. The number of nitrogens with zero attached hydrogens (tertiary/aromatic N) is 1. The third kappa shape index (κ3) is 4.49. The van der Waals surface area contributed by atoms with Crippen LogP contribution in [0, 0.1) is 0 Å².